The predicted octanol–water partition coefficient (Wildman–Crippen LogP) is 2.57. The molecule has 1 aliphatic heterocycles. The molecule has 1 fully saturated rings. The van der Waals surface area contributed by atoms with E-state index in [9.17, 15) is 18.0 Å². The van der Waals surface area contributed by atoms with Crippen molar-refractivity contribution in [2.24, 2.45) is 0 Å². The lowest BCUT2D eigenvalue weighted by Crippen LogP contribution is -2.60. The van der Waals surface area contributed by atoms with Crippen molar-refractivity contribution in [1.82, 2.24) is 19.1 Å². The third-order valence-electron chi connectivity index (χ3n) is 6.55. The van der Waals surface area contributed by atoms with Gasteiger partial charge in [-0.1, -0.05) is 35.9 Å². The number of methoxy groups -OCH3 is 1. The Morgan fingerprint density at radius 3 is 2.64 bits per heavy atom. The van der Waals surface area contributed by atoms with Crippen LogP contribution in [0.15, 0.2) is 53.6 Å². The number of benzene rings is 2. The molecule has 1 aliphatic rings. The van der Waals surface area contributed by atoms with Gasteiger partial charge in [-0.15, -0.1) is 0 Å². The van der Waals surface area contributed by atoms with Crippen molar-refractivity contribution in [3.05, 3.63) is 64.7 Å². The van der Waals surface area contributed by atoms with E-state index in [1.54, 1.807) is 54.4 Å². The molecular formula is C26H27ClN6O5S. The number of carbonyl (C=O) groups excluding carboxylic acids is 2. The summed E-state index contributed by atoms with van der Waals surface area (Å²) in [5, 5.41) is 18.0. The van der Waals surface area contributed by atoms with E-state index < -0.39 is 34.5 Å². The average molecular weight is 571 g/mol. The number of hydrogen-bond acceptors (Lipinski definition) is 7. The summed E-state index contributed by atoms with van der Waals surface area (Å²) < 4.78 is 32.7. The molecule has 204 valence electrons. The van der Waals surface area contributed by atoms with E-state index in [2.05, 4.69) is 11.1 Å². The zero-order chi connectivity index (χ0) is 28.3. The van der Waals surface area contributed by atoms with Gasteiger partial charge in [0.15, 0.2) is 0 Å². The van der Waals surface area contributed by atoms with Crippen molar-refractivity contribution in [3.8, 4) is 6.07 Å². The number of nitriles is 1. The number of amides is 1. The normalized spacial score (nSPS) is 16.2. The lowest BCUT2D eigenvalue weighted by molar-refractivity contribution is -0.157. The van der Waals surface area contributed by atoms with Gasteiger partial charge >= 0.3 is 5.97 Å². The van der Waals surface area contributed by atoms with E-state index in [0.29, 0.717) is 40.0 Å². The highest BCUT2D eigenvalue weighted by Gasteiger charge is 2.42. The van der Waals surface area contributed by atoms with Gasteiger partial charge in [0.25, 0.3) is 10.0 Å². The largest absolute Gasteiger partial charge is 0.467 e. The van der Waals surface area contributed by atoms with Crippen LogP contribution in [-0.4, -0.2) is 85.1 Å². The molecule has 1 aromatic heterocycles. The fourth-order valence-corrected chi connectivity index (χ4v) is 5.95. The molecule has 4 rings (SSSR count). The molecule has 2 N–H and O–H groups in total. The first-order valence-corrected chi connectivity index (χ1v) is 13.8. The zero-order valence-electron chi connectivity index (χ0n) is 21.3. The van der Waals surface area contributed by atoms with Crippen molar-refractivity contribution >= 4 is 50.2 Å². The van der Waals surface area contributed by atoms with Gasteiger partial charge in [-0.3, -0.25) is 10.2 Å². The molecule has 13 heteroatoms. The van der Waals surface area contributed by atoms with Crippen LogP contribution >= 0.6 is 11.6 Å². The van der Waals surface area contributed by atoms with Gasteiger partial charge in [-0.05, 0) is 29.8 Å². The summed E-state index contributed by atoms with van der Waals surface area (Å²) >= 11 is 6.02. The van der Waals surface area contributed by atoms with E-state index in [0.717, 1.165) is 4.31 Å². The number of piperazine rings is 1. The molecule has 1 saturated heterocycles. The summed E-state index contributed by atoms with van der Waals surface area (Å²) in [6, 6.07) is 14.2. The summed E-state index contributed by atoms with van der Waals surface area (Å²) in [6.45, 7) is -0.247. The van der Waals surface area contributed by atoms with Gasteiger partial charge in [-0.25, -0.2) is 13.2 Å². The van der Waals surface area contributed by atoms with E-state index in [4.69, 9.17) is 27.0 Å². The number of nitrogens with one attached hydrogen (secondary N) is 2. The summed E-state index contributed by atoms with van der Waals surface area (Å²) in [6.07, 6.45) is 0.296. The Morgan fingerprint density at radius 1 is 1.26 bits per heavy atom. The minimum atomic E-state index is -4.14. The van der Waals surface area contributed by atoms with Gasteiger partial charge in [0.2, 0.25) is 5.91 Å². The maximum absolute atomic E-state index is 13.4. The highest BCUT2D eigenvalue weighted by atomic mass is 35.5. The van der Waals surface area contributed by atoms with Crippen molar-refractivity contribution in [2.75, 3.05) is 33.8 Å². The number of rotatable bonds is 8. The van der Waals surface area contributed by atoms with E-state index in [1.807, 2.05) is 0 Å². The van der Waals surface area contributed by atoms with E-state index >= 15 is 0 Å². The Balaban J connectivity index is 1.53. The van der Waals surface area contributed by atoms with Crippen LogP contribution in [0.2, 0.25) is 5.02 Å². The highest BCUT2D eigenvalue weighted by molar-refractivity contribution is 7.89. The number of fused-ring (bicyclic) bond motifs is 1. The number of aromatic nitrogens is 1. The topological polar surface area (TPSA) is 151 Å². The Bertz CT molecular complexity index is 1560. The fourth-order valence-electron chi connectivity index (χ4n) is 4.36. The Labute approximate surface area is 231 Å². The molecule has 2 aromatic carbocycles. The molecular weight excluding hydrogens is 544 g/mol. The third-order valence-corrected chi connectivity index (χ3v) is 8.52. The number of carbonyl (C=O) groups is 2. The number of ether oxygens (including phenoxy) is 1. The quantitative estimate of drug-likeness (QED) is 0.240. The van der Waals surface area contributed by atoms with Crippen LogP contribution in [0, 0.1) is 16.7 Å². The molecule has 0 aliphatic carbocycles. The molecule has 0 spiro atoms. The van der Waals surface area contributed by atoms with Gasteiger partial charge in [0.1, 0.15) is 16.9 Å². The van der Waals surface area contributed by atoms with Crippen molar-refractivity contribution in [3.63, 3.8) is 0 Å². The number of halogens is 1. The van der Waals surface area contributed by atoms with Gasteiger partial charge in [-0.2, -0.15) is 9.57 Å². The van der Waals surface area contributed by atoms with E-state index in [1.165, 1.54) is 18.1 Å². The van der Waals surface area contributed by atoms with Crippen LogP contribution in [0.1, 0.15) is 17.5 Å². The van der Waals surface area contributed by atoms with Crippen molar-refractivity contribution in [1.29, 1.82) is 10.7 Å². The van der Waals surface area contributed by atoms with Gasteiger partial charge < -0.3 is 19.5 Å². The summed E-state index contributed by atoms with van der Waals surface area (Å²) in [5.74, 6) is -1.03. The maximum atomic E-state index is 13.4. The predicted molar refractivity (Wildman–Crippen MR) is 145 cm³/mol. The molecule has 1 amide bonds. The van der Waals surface area contributed by atoms with Crippen LogP contribution in [0.5, 0.6) is 0 Å². The van der Waals surface area contributed by atoms with Crippen molar-refractivity contribution < 1.29 is 22.7 Å². The van der Waals surface area contributed by atoms with Gasteiger partial charge in [0.05, 0.1) is 26.1 Å². The Kier molecular flexibility index (Phi) is 8.25. The Hall–Kier alpha value is -3.92. The SMILES string of the molecule is COC(=O)[C@H]1CN(S(=O)(=O)c2cc3cc(Cl)ccc3[nH]2)CC(=O)N1Cc1ccc(C(=N)N(C)CCC#N)cc1. The van der Waals surface area contributed by atoms with Crippen molar-refractivity contribution in [2.45, 2.75) is 24.0 Å². The number of esters is 1. The Morgan fingerprint density at radius 2 is 1.97 bits per heavy atom. The van der Waals surface area contributed by atoms with Crippen LogP contribution in [0.4, 0.5) is 0 Å². The first kappa shape index (κ1) is 28.1. The molecule has 0 radical (unpaired) electrons. The standard InChI is InChI=1S/C26H27ClN6O5S/c1-31(11-3-10-28)25(29)18-6-4-17(5-7-18)14-33-22(26(35)38-2)15-32(16-24(33)34)39(36,37)23-13-19-12-20(27)8-9-21(19)30-23/h4-9,12-13,22,29-30H,3,11,14-16H2,1-2H3/t22-/m1/s1. The summed E-state index contributed by atoms with van der Waals surface area (Å²) in [5.41, 5.74) is 1.89. The lowest BCUT2D eigenvalue weighted by atomic mass is 10.1. The minimum Gasteiger partial charge on any atom is -0.467 e. The number of hydrogen-bond donors (Lipinski definition) is 2. The smallest absolute Gasteiger partial charge is 0.329 e. The van der Waals surface area contributed by atoms with Crippen LogP contribution < -0.4 is 0 Å². The number of sulfonamides is 1. The highest BCUT2D eigenvalue weighted by Crippen LogP contribution is 2.27. The number of H-pyrrole nitrogens is 1. The van der Waals surface area contributed by atoms with Crippen LogP contribution in [0.25, 0.3) is 10.9 Å². The molecule has 39 heavy (non-hydrogen) atoms. The lowest BCUT2D eigenvalue weighted by Gasteiger charge is -2.38. The van der Waals surface area contributed by atoms with Crippen LogP contribution in [-0.2, 0) is 30.9 Å². The zero-order valence-corrected chi connectivity index (χ0v) is 22.9. The molecule has 0 bridgehead atoms. The molecule has 1 atom stereocenters. The number of aromatic amines is 1. The van der Waals surface area contributed by atoms with Crippen LogP contribution in [0.3, 0.4) is 0 Å². The molecule has 2 heterocycles. The maximum Gasteiger partial charge on any atom is 0.329 e. The molecule has 11 nitrogen and oxygen atoms in total. The monoisotopic (exact) mass is 570 g/mol. The number of amidine groups is 1. The minimum absolute atomic E-state index is 0.0509. The third kappa shape index (κ3) is 5.90. The second-order valence-corrected chi connectivity index (χ2v) is 11.4. The first-order valence-electron chi connectivity index (χ1n) is 12.0. The van der Waals surface area contributed by atoms with E-state index in [-0.39, 0.29) is 24.0 Å². The first-order chi connectivity index (χ1) is 18.5. The molecule has 0 unspecified atom stereocenters. The fraction of sp³-hybridized carbons (Fsp3) is 0.308. The second-order valence-electron chi connectivity index (χ2n) is 9.10. The average Bonchev–Trinajstić information content (AvgIpc) is 3.36. The summed E-state index contributed by atoms with van der Waals surface area (Å²) in [7, 11) is -1.23. The molecule has 0 saturated carbocycles. The summed E-state index contributed by atoms with van der Waals surface area (Å²) in [4.78, 5) is 31.7. The number of nitrogens with zero attached hydrogens (tertiary/aromatic N) is 4. The van der Waals surface area contributed by atoms with Gasteiger partial charge in [0, 0.05) is 48.2 Å². The molecule has 3 aromatic rings. The second kappa shape index (κ2) is 11.4.